The Morgan fingerprint density at radius 1 is 1.45 bits per heavy atom. The molecule has 1 aromatic heterocycles. The Balaban J connectivity index is 2.37. The molecule has 6 heteroatoms. The summed E-state index contributed by atoms with van der Waals surface area (Å²) in [4.78, 5) is 6.74. The SMILES string of the molecule is CC(C)N(C)CCn1c(CCl)nc2cc(I)c(F)cc21. The minimum Gasteiger partial charge on any atom is -0.326 e. The van der Waals surface area contributed by atoms with E-state index in [1.165, 1.54) is 0 Å². The van der Waals surface area contributed by atoms with E-state index in [4.69, 9.17) is 11.6 Å². The first-order valence-corrected chi connectivity index (χ1v) is 8.15. The molecule has 0 aliphatic rings. The standard InChI is InChI=1S/C14H18ClFIN3/c1-9(2)19(3)4-5-20-13-6-10(16)11(17)7-12(13)18-14(20)8-15/h6-7,9H,4-5,8H2,1-3H3. The molecule has 2 rings (SSSR count). The van der Waals surface area contributed by atoms with Crippen molar-refractivity contribution in [1.29, 1.82) is 0 Å². The summed E-state index contributed by atoms with van der Waals surface area (Å²) in [7, 11) is 2.08. The van der Waals surface area contributed by atoms with Crippen LogP contribution >= 0.6 is 34.2 Å². The maximum atomic E-state index is 13.8. The average molecular weight is 410 g/mol. The summed E-state index contributed by atoms with van der Waals surface area (Å²) in [5, 5.41) is 0. The number of nitrogens with zero attached hydrogens (tertiary/aromatic N) is 3. The van der Waals surface area contributed by atoms with Crippen molar-refractivity contribution < 1.29 is 4.39 Å². The van der Waals surface area contributed by atoms with Crippen LogP contribution in [0.4, 0.5) is 4.39 Å². The van der Waals surface area contributed by atoms with E-state index in [-0.39, 0.29) is 5.82 Å². The second kappa shape index (κ2) is 6.58. The molecule has 1 aromatic carbocycles. The van der Waals surface area contributed by atoms with Gasteiger partial charge in [-0.15, -0.1) is 11.6 Å². The lowest BCUT2D eigenvalue weighted by Gasteiger charge is -2.21. The Hall–Kier alpha value is -0.400. The smallest absolute Gasteiger partial charge is 0.138 e. The predicted octanol–water partition coefficient (Wildman–Crippen LogP) is 3.86. The molecule has 0 saturated heterocycles. The van der Waals surface area contributed by atoms with Crippen LogP contribution in [0.15, 0.2) is 12.1 Å². The topological polar surface area (TPSA) is 21.1 Å². The van der Waals surface area contributed by atoms with E-state index in [0.29, 0.717) is 15.5 Å². The van der Waals surface area contributed by atoms with Crippen molar-refractivity contribution in [1.82, 2.24) is 14.5 Å². The molecule has 0 radical (unpaired) electrons. The van der Waals surface area contributed by atoms with Crippen LogP contribution in [-0.2, 0) is 12.4 Å². The molecule has 0 amide bonds. The molecule has 0 atom stereocenters. The number of likely N-dealkylation sites (N-methyl/N-ethyl adjacent to an activating group) is 1. The number of halogens is 3. The minimum absolute atomic E-state index is 0.211. The minimum atomic E-state index is -0.211. The number of benzene rings is 1. The summed E-state index contributed by atoms with van der Waals surface area (Å²) in [6.45, 7) is 5.93. The molecule has 2 aromatic rings. The van der Waals surface area contributed by atoms with Crippen molar-refractivity contribution >= 4 is 45.2 Å². The van der Waals surface area contributed by atoms with Crippen LogP contribution in [0.5, 0.6) is 0 Å². The number of fused-ring (bicyclic) bond motifs is 1. The van der Waals surface area contributed by atoms with Crippen molar-refractivity contribution in [3.8, 4) is 0 Å². The summed E-state index contributed by atoms with van der Waals surface area (Å²) in [5.41, 5.74) is 1.62. The van der Waals surface area contributed by atoms with Crippen molar-refractivity contribution in [3.05, 3.63) is 27.3 Å². The normalized spacial score (nSPS) is 12.0. The van der Waals surface area contributed by atoms with Gasteiger partial charge in [0.25, 0.3) is 0 Å². The van der Waals surface area contributed by atoms with E-state index in [0.717, 1.165) is 29.9 Å². The lowest BCUT2D eigenvalue weighted by atomic mass is 10.3. The maximum Gasteiger partial charge on any atom is 0.138 e. The highest BCUT2D eigenvalue weighted by Gasteiger charge is 2.14. The van der Waals surface area contributed by atoms with Crippen molar-refractivity contribution in [2.75, 3.05) is 13.6 Å². The highest BCUT2D eigenvalue weighted by molar-refractivity contribution is 14.1. The Bertz CT molecular complexity index is 612. The fourth-order valence-electron chi connectivity index (χ4n) is 2.04. The van der Waals surface area contributed by atoms with Crippen LogP contribution in [0.3, 0.4) is 0 Å². The van der Waals surface area contributed by atoms with Crippen LogP contribution in [-0.4, -0.2) is 34.1 Å². The number of aromatic nitrogens is 2. The molecular weight excluding hydrogens is 392 g/mol. The third kappa shape index (κ3) is 3.26. The second-order valence-electron chi connectivity index (χ2n) is 5.14. The number of alkyl halides is 1. The molecule has 0 spiro atoms. The summed E-state index contributed by atoms with van der Waals surface area (Å²) >= 11 is 7.95. The number of hydrogen-bond donors (Lipinski definition) is 0. The van der Waals surface area contributed by atoms with Gasteiger partial charge in [0.1, 0.15) is 11.6 Å². The highest BCUT2D eigenvalue weighted by Crippen LogP contribution is 2.22. The molecule has 0 fully saturated rings. The maximum absolute atomic E-state index is 13.8. The van der Waals surface area contributed by atoms with Crippen LogP contribution in [0.25, 0.3) is 11.0 Å². The van der Waals surface area contributed by atoms with Gasteiger partial charge in [-0.05, 0) is 49.6 Å². The number of rotatable bonds is 5. The van der Waals surface area contributed by atoms with Gasteiger partial charge in [0.15, 0.2) is 0 Å². The zero-order valence-corrected chi connectivity index (χ0v) is 14.7. The van der Waals surface area contributed by atoms with Crippen LogP contribution in [0.2, 0.25) is 0 Å². The van der Waals surface area contributed by atoms with Gasteiger partial charge in [-0.25, -0.2) is 9.37 Å². The predicted molar refractivity (Wildman–Crippen MR) is 89.7 cm³/mol. The van der Waals surface area contributed by atoms with Gasteiger partial charge in [0.2, 0.25) is 0 Å². The fraction of sp³-hybridized carbons (Fsp3) is 0.500. The quantitative estimate of drug-likeness (QED) is 0.552. The van der Waals surface area contributed by atoms with Gasteiger partial charge < -0.3 is 9.47 Å². The van der Waals surface area contributed by atoms with E-state index >= 15 is 0 Å². The van der Waals surface area contributed by atoms with Gasteiger partial charge in [-0.3, -0.25) is 0 Å². The van der Waals surface area contributed by atoms with E-state index in [1.54, 1.807) is 12.1 Å². The monoisotopic (exact) mass is 409 g/mol. The first kappa shape index (κ1) is 16.0. The second-order valence-corrected chi connectivity index (χ2v) is 6.57. The Labute approximate surface area is 137 Å². The zero-order valence-electron chi connectivity index (χ0n) is 11.8. The molecule has 20 heavy (non-hydrogen) atoms. The van der Waals surface area contributed by atoms with Crippen LogP contribution in [0, 0.1) is 9.39 Å². The van der Waals surface area contributed by atoms with Crippen molar-refractivity contribution in [3.63, 3.8) is 0 Å². The summed E-state index contributed by atoms with van der Waals surface area (Å²) in [5.74, 6) is 0.913. The zero-order chi connectivity index (χ0) is 14.9. The van der Waals surface area contributed by atoms with Crippen molar-refractivity contribution in [2.24, 2.45) is 0 Å². The lowest BCUT2D eigenvalue weighted by Crippen LogP contribution is -2.30. The molecule has 0 aliphatic carbocycles. The Morgan fingerprint density at radius 3 is 2.75 bits per heavy atom. The molecule has 3 nitrogen and oxygen atoms in total. The van der Waals surface area contributed by atoms with Gasteiger partial charge in [0.05, 0.1) is 20.5 Å². The van der Waals surface area contributed by atoms with Crippen LogP contribution < -0.4 is 0 Å². The average Bonchev–Trinajstić information content (AvgIpc) is 2.73. The van der Waals surface area contributed by atoms with Crippen molar-refractivity contribution in [2.45, 2.75) is 32.3 Å². The molecule has 1 heterocycles. The molecule has 0 bridgehead atoms. The van der Waals surface area contributed by atoms with E-state index < -0.39 is 0 Å². The van der Waals surface area contributed by atoms with E-state index in [1.807, 2.05) is 27.2 Å². The lowest BCUT2D eigenvalue weighted by molar-refractivity contribution is 0.263. The Morgan fingerprint density at radius 2 is 2.15 bits per heavy atom. The van der Waals surface area contributed by atoms with Gasteiger partial charge >= 0.3 is 0 Å². The highest BCUT2D eigenvalue weighted by atomic mass is 127. The summed E-state index contributed by atoms with van der Waals surface area (Å²) in [6, 6.07) is 3.79. The largest absolute Gasteiger partial charge is 0.326 e. The molecule has 0 unspecified atom stereocenters. The van der Waals surface area contributed by atoms with Crippen LogP contribution in [0.1, 0.15) is 19.7 Å². The van der Waals surface area contributed by atoms with Gasteiger partial charge in [-0.1, -0.05) is 0 Å². The Kier molecular flexibility index (Phi) is 5.25. The van der Waals surface area contributed by atoms with E-state index in [9.17, 15) is 4.39 Å². The molecule has 0 N–H and O–H groups in total. The number of hydrogen-bond acceptors (Lipinski definition) is 2. The van der Waals surface area contributed by atoms with Gasteiger partial charge in [-0.2, -0.15) is 0 Å². The summed E-state index contributed by atoms with van der Waals surface area (Å²) in [6.07, 6.45) is 0. The molecule has 110 valence electrons. The summed E-state index contributed by atoms with van der Waals surface area (Å²) < 4.78 is 16.4. The molecule has 0 saturated carbocycles. The van der Waals surface area contributed by atoms with E-state index in [2.05, 4.69) is 30.8 Å². The van der Waals surface area contributed by atoms with Gasteiger partial charge in [0, 0.05) is 25.2 Å². The molecule has 0 aliphatic heterocycles. The third-order valence-corrected chi connectivity index (χ3v) is 4.61. The fourth-order valence-corrected chi connectivity index (χ4v) is 2.69. The number of imidazole rings is 1. The first-order valence-electron chi connectivity index (χ1n) is 6.54. The first-order chi connectivity index (χ1) is 9.43. The third-order valence-electron chi connectivity index (χ3n) is 3.55. The molecular formula is C14H18ClFIN3.